The minimum Gasteiger partial charge on any atom is -0.492 e. The van der Waals surface area contributed by atoms with Gasteiger partial charge in [-0.05, 0) is 68.2 Å². The predicted octanol–water partition coefficient (Wildman–Crippen LogP) is 8.04. The second kappa shape index (κ2) is 12.4. The van der Waals surface area contributed by atoms with E-state index in [2.05, 4.69) is 18.7 Å². The van der Waals surface area contributed by atoms with E-state index in [9.17, 15) is 4.79 Å². The number of pyridine rings is 1. The minimum absolute atomic E-state index is 0.187. The fourth-order valence-corrected chi connectivity index (χ4v) is 5.04. The van der Waals surface area contributed by atoms with E-state index in [4.69, 9.17) is 27.9 Å². The highest BCUT2D eigenvalue weighted by Crippen LogP contribution is 2.37. The summed E-state index contributed by atoms with van der Waals surface area (Å²) >= 11 is 13.2. The molecule has 0 radical (unpaired) electrons. The molecule has 0 saturated carbocycles. The Morgan fingerprint density at radius 3 is 2.33 bits per heavy atom. The van der Waals surface area contributed by atoms with Crippen molar-refractivity contribution in [1.82, 2.24) is 9.30 Å². The van der Waals surface area contributed by atoms with Gasteiger partial charge in [0, 0.05) is 29.4 Å². The molecular weight excluding hydrogens is 491 g/mol. The van der Waals surface area contributed by atoms with Gasteiger partial charge in [0.05, 0.1) is 11.6 Å². The van der Waals surface area contributed by atoms with Gasteiger partial charge >= 0.3 is 0 Å². The third kappa shape index (κ3) is 5.78. The number of nitrogens with zero attached hydrogens (tertiary/aromatic N) is 2. The van der Waals surface area contributed by atoms with Crippen LogP contribution in [0.15, 0.2) is 72.9 Å². The molecule has 0 aliphatic heterocycles. The van der Waals surface area contributed by atoms with Crippen molar-refractivity contribution in [1.29, 1.82) is 0 Å². The topological polar surface area (TPSA) is 34.0 Å². The van der Waals surface area contributed by atoms with E-state index in [0.717, 1.165) is 55.5 Å². The van der Waals surface area contributed by atoms with Gasteiger partial charge in [-0.15, -0.1) is 0 Å². The first kappa shape index (κ1) is 26.3. The van der Waals surface area contributed by atoms with E-state index >= 15 is 0 Å². The molecule has 4 nitrogen and oxygen atoms in total. The van der Waals surface area contributed by atoms with Crippen molar-refractivity contribution >= 4 is 34.5 Å². The monoisotopic (exact) mass is 522 g/mol. The summed E-state index contributed by atoms with van der Waals surface area (Å²) < 4.78 is 7.85. The fraction of sp³-hybridized carbons (Fsp3) is 0.300. The molecule has 0 N–H and O–H groups in total. The number of halogens is 2. The van der Waals surface area contributed by atoms with Crippen LogP contribution in [0.4, 0.5) is 0 Å². The van der Waals surface area contributed by atoms with Crippen molar-refractivity contribution in [2.45, 2.75) is 33.1 Å². The highest BCUT2D eigenvalue weighted by Gasteiger charge is 2.24. The van der Waals surface area contributed by atoms with Crippen LogP contribution >= 0.6 is 23.2 Å². The van der Waals surface area contributed by atoms with Crippen LogP contribution in [0, 0.1) is 0 Å². The molecule has 0 aliphatic rings. The van der Waals surface area contributed by atoms with Crippen LogP contribution in [0.25, 0.3) is 16.6 Å². The molecule has 4 rings (SSSR count). The Kier molecular flexibility index (Phi) is 9.08. The van der Waals surface area contributed by atoms with Crippen LogP contribution in [0.3, 0.4) is 0 Å². The Bertz CT molecular complexity index is 1310. The number of ether oxygens (including phenoxy) is 1. The maximum absolute atomic E-state index is 13.8. The molecule has 0 aliphatic carbocycles. The van der Waals surface area contributed by atoms with Gasteiger partial charge in [0.15, 0.2) is 0 Å². The third-order valence-corrected chi connectivity index (χ3v) is 7.09. The number of carbonyl (C=O) groups is 1. The molecule has 0 atom stereocenters. The van der Waals surface area contributed by atoms with E-state index in [1.54, 1.807) is 12.1 Å². The van der Waals surface area contributed by atoms with Crippen LogP contribution in [0.1, 0.15) is 49.2 Å². The number of hydrogen-bond donors (Lipinski definition) is 0. The molecule has 0 fully saturated rings. The van der Waals surface area contributed by atoms with Crippen LogP contribution < -0.4 is 4.74 Å². The van der Waals surface area contributed by atoms with Gasteiger partial charge < -0.3 is 14.0 Å². The van der Waals surface area contributed by atoms with Gasteiger partial charge in [0.2, 0.25) is 5.78 Å². The summed E-state index contributed by atoms with van der Waals surface area (Å²) in [5.41, 5.74) is 3.65. The first-order chi connectivity index (χ1) is 17.5. The average Bonchev–Trinajstić information content (AvgIpc) is 3.29. The van der Waals surface area contributed by atoms with Crippen LogP contribution in [0.2, 0.25) is 10.0 Å². The maximum atomic E-state index is 13.8. The maximum Gasteiger partial charge on any atom is 0.211 e. The largest absolute Gasteiger partial charge is 0.492 e. The molecule has 4 aromatic rings. The zero-order valence-electron chi connectivity index (χ0n) is 20.8. The van der Waals surface area contributed by atoms with Crippen molar-refractivity contribution in [3.05, 3.63) is 94.2 Å². The molecule has 0 spiro atoms. The first-order valence-corrected chi connectivity index (χ1v) is 13.3. The van der Waals surface area contributed by atoms with E-state index in [1.165, 1.54) is 0 Å². The molecular formula is C30H32Cl2N2O2. The lowest BCUT2D eigenvalue weighted by atomic mass is 10.00. The summed E-state index contributed by atoms with van der Waals surface area (Å²) in [6.07, 6.45) is 5.06. The Hall–Kier alpha value is -2.79. The molecule has 2 aromatic heterocycles. The van der Waals surface area contributed by atoms with Gasteiger partial charge in [-0.1, -0.05) is 73.4 Å². The number of aromatic nitrogens is 1. The Morgan fingerprint density at radius 2 is 1.61 bits per heavy atom. The zero-order chi connectivity index (χ0) is 25.5. The lowest BCUT2D eigenvalue weighted by Crippen LogP contribution is -2.27. The predicted molar refractivity (Wildman–Crippen MR) is 150 cm³/mol. The highest BCUT2D eigenvalue weighted by atomic mass is 35.5. The average molecular weight is 524 g/mol. The van der Waals surface area contributed by atoms with E-state index in [1.807, 2.05) is 65.2 Å². The number of ketones is 1. The lowest BCUT2D eigenvalue weighted by Gasteiger charge is -2.21. The molecule has 188 valence electrons. The fourth-order valence-electron chi connectivity index (χ4n) is 4.58. The van der Waals surface area contributed by atoms with Crippen LogP contribution in [0.5, 0.6) is 5.75 Å². The molecule has 0 amide bonds. The van der Waals surface area contributed by atoms with Crippen molar-refractivity contribution < 1.29 is 9.53 Å². The summed E-state index contributed by atoms with van der Waals surface area (Å²) in [7, 11) is 0. The van der Waals surface area contributed by atoms with Crippen molar-refractivity contribution in [3.63, 3.8) is 0 Å². The van der Waals surface area contributed by atoms with E-state index in [-0.39, 0.29) is 15.8 Å². The summed E-state index contributed by atoms with van der Waals surface area (Å²) in [6, 6.07) is 21.2. The van der Waals surface area contributed by atoms with Gasteiger partial charge in [-0.25, -0.2) is 0 Å². The number of benzene rings is 2. The normalized spacial score (nSPS) is 11.4. The lowest BCUT2D eigenvalue weighted by molar-refractivity contribution is 0.103. The van der Waals surface area contributed by atoms with Crippen molar-refractivity contribution in [3.8, 4) is 16.9 Å². The first-order valence-electron chi connectivity index (χ1n) is 12.6. The molecule has 6 heteroatoms. The molecule has 0 unspecified atom stereocenters. The van der Waals surface area contributed by atoms with Crippen molar-refractivity contribution in [2.75, 3.05) is 26.2 Å². The van der Waals surface area contributed by atoms with Crippen LogP contribution in [-0.2, 0) is 0 Å². The Morgan fingerprint density at radius 1 is 0.889 bits per heavy atom. The Labute approximate surface area is 223 Å². The second-order valence-corrected chi connectivity index (χ2v) is 9.64. The quantitative estimate of drug-likeness (QED) is 0.139. The van der Waals surface area contributed by atoms with E-state index < -0.39 is 0 Å². The summed E-state index contributed by atoms with van der Waals surface area (Å²) in [4.78, 5) is 16.3. The van der Waals surface area contributed by atoms with Gasteiger partial charge in [0.25, 0.3) is 0 Å². The highest BCUT2D eigenvalue weighted by molar-refractivity contribution is 6.45. The van der Waals surface area contributed by atoms with Crippen LogP contribution in [-0.4, -0.2) is 41.3 Å². The van der Waals surface area contributed by atoms with Gasteiger partial charge in [0.1, 0.15) is 16.5 Å². The second-order valence-electron chi connectivity index (χ2n) is 8.88. The smallest absolute Gasteiger partial charge is 0.211 e. The molecule has 0 bridgehead atoms. The number of fused-ring (bicyclic) bond motifs is 1. The molecule has 0 saturated heterocycles. The number of carbonyl (C=O) groups excluding carboxylic acids is 1. The zero-order valence-corrected chi connectivity index (χ0v) is 22.4. The standard InChI is InChI=1S/C30H32Cl2N2O2/c1-3-16-33(17-4-2)18-10-20-36-26-15-14-24(27(31)28(26)32)30(35)29-25(22-11-6-5-7-12-22)21-23-13-8-9-19-34(23)29/h5-9,11-15,19,21H,3-4,10,16-18,20H2,1-2H3. The summed E-state index contributed by atoms with van der Waals surface area (Å²) in [5.74, 6) is 0.312. The number of rotatable bonds is 12. The van der Waals surface area contributed by atoms with E-state index in [0.29, 0.717) is 23.6 Å². The summed E-state index contributed by atoms with van der Waals surface area (Å²) in [6.45, 7) is 8.10. The SMILES string of the molecule is CCCN(CCC)CCCOc1ccc(C(=O)c2c(-c3ccccc3)cc3ccccn23)c(Cl)c1Cl. The summed E-state index contributed by atoms with van der Waals surface area (Å²) in [5, 5.41) is 0.478. The van der Waals surface area contributed by atoms with Gasteiger partial charge in [-0.3, -0.25) is 4.79 Å². The van der Waals surface area contributed by atoms with Gasteiger partial charge in [-0.2, -0.15) is 0 Å². The number of hydrogen-bond acceptors (Lipinski definition) is 3. The molecule has 2 aromatic carbocycles. The third-order valence-electron chi connectivity index (χ3n) is 6.23. The Balaban J connectivity index is 1.57. The molecule has 2 heterocycles. The van der Waals surface area contributed by atoms with Crippen molar-refractivity contribution in [2.24, 2.45) is 0 Å². The molecule has 36 heavy (non-hydrogen) atoms. The minimum atomic E-state index is -0.187.